The Morgan fingerprint density at radius 3 is 2.50 bits per heavy atom. The minimum Gasteiger partial charge on any atom is -0.497 e. The van der Waals surface area contributed by atoms with Gasteiger partial charge in [-0.3, -0.25) is 4.90 Å². The van der Waals surface area contributed by atoms with Gasteiger partial charge in [0.2, 0.25) is 0 Å². The fraction of sp³-hybridized carbons (Fsp3) is 0.625. The molecule has 0 spiro atoms. The third kappa shape index (κ3) is 4.97. The topological polar surface area (TPSA) is 55.8 Å². The fourth-order valence-electron chi connectivity index (χ4n) is 2.83. The van der Waals surface area contributed by atoms with Crippen molar-refractivity contribution in [2.75, 3.05) is 38.9 Å². The van der Waals surface area contributed by atoms with Crippen LogP contribution in [0.4, 0.5) is 0 Å². The molecule has 124 valence electrons. The van der Waals surface area contributed by atoms with Crippen molar-refractivity contribution in [2.24, 2.45) is 0 Å². The molecule has 1 atom stereocenters. The minimum absolute atomic E-state index is 0.115. The summed E-state index contributed by atoms with van der Waals surface area (Å²) in [6, 6.07) is 8.06. The van der Waals surface area contributed by atoms with Crippen LogP contribution < -0.4 is 4.74 Å². The van der Waals surface area contributed by atoms with Crippen molar-refractivity contribution in [3.8, 4) is 5.75 Å². The summed E-state index contributed by atoms with van der Waals surface area (Å²) in [5, 5.41) is 0. The van der Waals surface area contributed by atoms with Gasteiger partial charge in [-0.2, -0.15) is 0 Å². The van der Waals surface area contributed by atoms with Gasteiger partial charge >= 0.3 is 0 Å². The molecule has 1 saturated heterocycles. The number of hydrogen-bond acceptors (Lipinski definition) is 5. The van der Waals surface area contributed by atoms with Crippen LogP contribution in [0.2, 0.25) is 0 Å². The van der Waals surface area contributed by atoms with Gasteiger partial charge in [0.05, 0.1) is 18.6 Å². The molecule has 0 amide bonds. The Balaban J connectivity index is 2.03. The zero-order valence-electron chi connectivity index (χ0n) is 13.3. The van der Waals surface area contributed by atoms with Crippen molar-refractivity contribution in [3.63, 3.8) is 0 Å². The van der Waals surface area contributed by atoms with Gasteiger partial charge in [-0.05, 0) is 30.5 Å². The van der Waals surface area contributed by atoms with E-state index in [1.54, 1.807) is 14.2 Å². The third-order valence-corrected chi connectivity index (χ3v) is 5.81. The van der Waals surface area contributed by atoms with Gasteiger partial charge < -0.3 is 9.47 Å². The number of sulfone groups is 1. The lowest BCUT2D eigenvalue weighted by Gasteiger charge is -2.28. The summed E-state index contributed by atoms with van der Waals surface area (Å²) in [7, 11) is 0.470. The second kappa shape index (κ2) is 7.94. The number of hydrogen-bond donors (Lipinski definition) is 0. The Morgan fingerprint density at radius 1 is 1.23 bits per heavy atom. The van der Waals surface area contributed by atoms with Crippen LogP contribution in [0.5, 0.6) is 5.75 Å². The van der Waals surface area contributed by atoms with E-state index in [1.807, 2.05) is 24.3 Å². The highest BCUT2D eigenvalue weighted by Crippen LogP contribution is 2.21. The second-order valence-corrected chi connectivity index (χ2v) is 7.95. The Labute approximate surface area is 133 Å². The highest BCUT2D eigenvalue weighted by molar-refractivity contribution is 7.91. The summed E-state index contributed by atoms with van der Waals surface area (Å²) < 4.78 is 33.8. The molecule has 1 aromatic rings. The molecule has 1 aliphatic heterocycles. The molecule has 1 aliphatic rings. The lowest BCUT2D eigenvalue weighted by atomic mass is 10.1. The molecule has 22 heavy (non-hydrogen) atoms. The van der Waals surface area contributed by atoms with Gasteiger partial charge in [-0.1, -0.05) is 12.1 Å². The van der Waals surface area contributed by atoms with Gasteiger partial charge in [0, 0.05) is 32.8 Å². The zero-order valence-corrected chi connectivity index (χ0v) is 14.1. The molecule has 0 saturated carbocycles. The third-order valence-electron chi connectivity index (χ3n) is 4.06. The summed E-state index contributed by atoms with van der Waals surface area (Å²) in [6.45, 7) is 2.30. The molecule has 1 heterocycles. The normalized spacial score (nSPS) is 20.4. The molecule has 1 fully saturated rings. The summed E-state index contributed by atoms with van der Waals surface area (Å²) >= 11 is 0. The quantitative estimate of drug-likeness (QED) is 0.681. The molecule has 1 aromatic carbocycles. The second-order valence-electron chi connectivity index (χ2n) is 5.72. The molecule has 0 N–H and O–H groups in total. The van der Waals surface area contributed by atoms with Gasteiger partial charge in [0.15, 0.2) is 9.84 Å². The maximum absolute atomic E-state index is 11.7. The van der Waals surface area contributed by atoms with Crippen LogP contribution in [-0.2, 0) is 21.1 Å². The van der Waals surface area contributed by atoms with Crippen LogP contribution in [0.3, 0.4) is 0 Å². The molecule has 0 bridgehead atoms. The summed E-state index contributed by atoms with van der Waals surface area (Å²) in [5.74, 6) is 1.41. The highest BCUT2D eigenvalue weighted by Gasteiger charge is 2.31. The molecular weight excluding hydrogens is 302 g/mol. The van der Waals surface area contributed by atoms with Gasteiger partial charge in [-0.15, -0.1) is 0 Å². The molecule has 0 radical (unpaired) electrons. The lowest BCUT2D eigenvalue weighted by molar-refractivity contribution is 0.150. The molecule has 0 aromatic heterocycles. The molecule has 2 rings (SSSR count). The van der Waals surface area contributed by atoms with E-state index in [9.17, 15) is 8.42 Å². The predicted molar refractivity (Wildman–Crippen MR) is 87.0 cm³/mol. The highest BCUT2D eigenvalue weighted by atomic mass is 32.2. The average Bonchev–Trinajstić information content (AvgIpc) is 2.87. The van der Waals surface area contributed by atoms with E-state index >= 15 is 0 Å². The van der Waals surface area contributed by atoms with Crippen LogP contribution in [0, 0.1) is 0 Å². The summed E-state index contributed by atoms with van der Waals surface area (Å²) in [4.78, 5) is 2.27. The molecule has 5 nitrogen and oxygen atoms in total. The largest absolute Gasteiger partial charge is 0.497 e. The smallest absolute Gasteiger partial charge is 0.151 e. The Bertz CT molecular complexity index is 556. The van der Waals surface area contributed by atoms with E-state index in [2.05, 4.69) is 4.90 Å². The van der Waals surface area contributed by atoms with Crippen molar-refractivity contribution >= 4 is 9.84 Å². The molecule has 1 unspecified atom stereocenters. The first-order chi connectivity index (χ1) is 10.5. The Kier molecular flexibility index (Phi) is 6.23. The van der Waals surface area contributed by atoms with Gasteiger partial charge in [0.25, 0.3) is 0 Å². The van der Waals surface area contributed by atoms with E-state index < -0.39 is 9.84 Å². The first-order valence-corrected chi connectivity index (χ1v) is 9.42. The van der Waals surface area contributed by atoms with Crippen molar-refractivity contribution in [1.29, 1.82) is 0 Å². The van der Waals surface area contributed by atoms with E-state index in [0.717, 1.165) is 31.7 Å². The summed E-state index contributed by atoms with van der Waals surface area (Å²) in [6.07, 6.45) is 1.63. The van der Waals surface area contributed by atoms with Crippen LogP contribution in [0.1, 0.15) is 18.4 Å². The van der Waals surface area contributed by atoms with Crippen LogP contribution in [0.15, 0.2) is 24.3 Å². The van der Waals surface area contributed by atoms with Gasteiger partial charge in [-0.25, -0.2) is 8.42 Å². The number of nitrogens with zero attached hydrogens (tertiary/aromatic N) is 1. The Morgan fingerprint density at radius 2 is 1.95 bits per heavy atom. The SMILES string of the molecule is COCCCN(Cc1ccc(OC)cc1)C1CCS(=O)(=O)C1. The number of benzene rings is 1. The van der Waals surface area contributed by atoms with Crippen molar-refractivity contribution in [2.45, 2.75) is 25.4 Å². The monoisotopic (exact) mass is 327 g/mol. The maximum Gasteiger partial charge on any atom is 0.151 e. The fourth-order valence-corrected chi connectivity index (χ4v) is 4.59. The van der Waals surface area contributed by atoms with Crippen LogP contribution >= 0.6 is 0 Å². The first-order valence-electron chi connectivity index (χ1n) is 7.60. The van der Waals surface area contributed by atoms with E-state index in [-0.39, 0.29) is 11.8 Å². The van der Waals surface area contributed by atoms with E-state index in [4.69, 9.17) is 9.47 Å². The Hall–Kier alpha value is -1.11. The van der Waals surface area contributed by atoms with E-state index in [1.165, 1.54) is 5.56 Å². The van der Waals surface area contributed by atoms with Crippen molar-refractivity contribution in [1.82, 2.24) is 4.90 Å². The number of rotatable bonds is 8. The lowest BCUT2D eigenvalue weighted by Crippen LogP contribution is -2.36. The van der Waals surface area contributed by atoms with E-state index in [0.29, 0.717) is 12.4 Å². The molecule has 6 heteroatoms. The first kappa shape index (κ1) is 17.2. The van der Waals surface area contributed by atoms with Crippen molar-refractivity contribution in [3.05, 3.63) is 29.8 Å². The number of methoxy groups -OCH3 is 2. The molecule has 0 aliphatic carbocycles. The standard InChI is InChI=1S/C16H25NO4S/c1-20-10-3-9-17(15-8-11-22(18,19)13-15)12-14-4-6-16(21-2)7-5-14/h4-7,15H,3,8-13H2,1-2H3. The number of ether oxygens (including phenoxy) is 2. The zero-order chi connectivity index (χ0) is 16.0. The predicted octanol–water partition coefficient (Wildman–Crippen LogP) is 1.72. The van der Waals surface area contributed by atoms with Crippen LogP contribution in [-0.4, -0.2) is 58.2 Å². The van der Waals surface area contributed by atoms with Gasteiger partial charge in [0.1, 0.15) is 5.75 Å². The molecular formula is C16H25NO4S. The summed E-state index contributed by atoms with van der Waals surface area (Å²) in [5.41, 5.74) is 1.17. The minimum atomic E-state index is -2.87. The van der Waals surface area contributed by atoms with Crippen molar-refractivity contribution < 1.29 is 17.9 Å². The van der Waals surface area contributed by atoms with Crippen LogP contribution in [0.25, 0.3) is 0 Å². The average molecular weight is 327 g/mol. The maximum atomic E-state index is 11.7.